The Kier molecular flexibility index (Phi) is 6.16. The van der Waals surface area contributed by atoms with Crippen molar-refractivity contribution in [2.75, 3.05) is 45.9 Å². The Labute approximate surface area is 124 Å². The minimum Gasteiger partial charge on any atom is -0.379 e. The number of nitrogens with two attached hydrogens (primary N) is 1. The van der Waals surface area contributed by atoms with Crippen molar-refractivity contribution in [3.05, 3.63) is 29.6 Å². The van der Waals surface area contributed by atoms with Gasteiger partial charge in [-0.3, -0.25) is 9.69 Å². The number of pyridine rings is 1. The maximum Gasteiger partial charge on any atom is 0.271 e. The summed E-state index contributed by atoms with van der Waals surface area (Å²) in [7, 11) is 0. The van der Waals surface area contributed by atoms with E-state index in [9.17, 15) is 4.79 Å². The van der Waals surface area contributed by atoms with Crippen molar-refractivity contribution in [1.29, 1.82) is 0 Å². The van der Waals surface area contributed by atoms with Gasteiger partial charge in [-0.1, -0.05) is 11.8 Å². The van der Waals surface area contributed by atoms with Gasteiger partial charge in [-0.25, -0.2) is 4.98 Å². The van der Waals surface area contributed by atoms with E-state index in [1.807, 2.05) is 0 Å². The zero-order chi connectivity index (χ0) is 14.9. The van der Waals surface area contributed by atoms with Gasteiger partial charge in [-0.05, 0) is 12.1 Å². The summed E-state index contributed by atoms with van der Waals surface area (Å²) in [6, 6.07) is 3.53. The molecule has 0 bridgehead atoms. The van der Waals surface area contributed by atoms with Gasteiger partial charge in [0.05, 0.1) is 25.3 Å². The summed E-state index contributed by atoms with van der Waals surface area (Å²) in [6.07, 6.45) is 1.59. The van der Waals surface area contributed by atoms with Crippen LogP contribution in [0.4, 0.5) is 0 Å². The highest BCUT2D eigenvalue weighted by Gasteiger charge is 2.13. The lowest BCUT2D eigenvalue weighted by Crippen LogP contribution is -2.41. The molecule has 21 heavy (non-hydrogen) atoms. The molecule has 1 amide bonds. The summed E-state index contributed by atoms with van der Waals surface area (Å²) in [5, 5.41) is 2.88. The Balaban J connectivity index is 1.88. The molecule has 1 aliphatic rings. The molecule has 0 spiro atoms. The Bertz CT molecular complexity index is 530. The molecule has 112 valence electrons. The zero-order valence-corrected chi connectivity index (χ0v) is 12.0. The molecule has 3 N–H and O–H groups in total. The van der Waals surface area contributed by atoms with Crippen molar-refractivity contribution in [1.82, 2.24) is 15.2 Å². The summed E-state index contributed by atoms with van der Waals surface area (Å²) >= 11 is 0. The van der Waals surface area contributed by atoms with E-state index in [0.717, 1.165) is 32.8 Å². The lowest BCUT2D eigenvalue weighted by Gasteiger charge is -2.26. The molecule has 0 aromatic carbocycles. The van der Waals surface area contributed by atoms with Crippen LogP contribution in [-0.4, -0.2) is 61.7 Å². The first-order chi connectivity index (χ1) is 10.3. The molecule has 6 heteroatoms. The van der Waals surface area contributed by atoms with Crippen LogP contribution in [0.3, 0.4) is 0 Å². The van der Waals surface area contributed by atoms with Crippen LogP contribution in [0, 0.1) is 11.8 Å². The first kappa shape index (κ1) is 15.4. The average molecular weight is 288 g/mol. The minimum atomic E-state index is -0.204. The molecule has 0 atom stereocenters. The molecule has 0 unspecified atom stereocenters. The van der Waals surface area contributed by atoms with Crippen molar-refractivity contribution in [3.8, 4) is 11.8 Å². The third kappa shape index (κ3) is 4.83. The molecule has 1 aromatic rings. The predicted octanol–water partition coefficient (Wildman–Crippen LogP) is -0.546. The maximum atomic E-state index is 12.2. The number of rotatable bonds is 4. The summed E-state index contributed by atoms with van der Waals surface area (Å²) in [5.74, 6) is 5.41. The fourth-order valence-corrected chi connectivity index (χ4v) is 2.07. The van der Waals surface area contributed by atoms with Crippen LogP contribution in [0.5, 0.6) is 0 Å². The monoisotopic (exact) mass is 288 g/mol. The summed E-state index contributed by atoms with van der Waals surface area (Å²) in [5.41, 5.74) is 6.31. The number of aromatic nitrogens is 1. The van der Waals surface area contributed by atoms with E-state index in [-0.39, 0.29) is 12.5 Å². The number of nitrogens with zero attached hydrogens (tertiary/aromatic N) is 2. The van der Waals surface area contributed by atoms with Crippen LogP contribution in [0.2, 0.25) is 0 Å². The Hall–Kier alpha value is -1.94. The van der Waals surface area contributed by atoms with Crippen molar-refractivity contribution in [2.45, 2.75) is 0 Å². The molecule has 0 saturated carbocycles. The summed E-state index contributed by atoms with van der Waals surface area (Å²) in [6.45, 7) is 4.98. The summed E-state index contributed by atoms with van der Waals surface area (Å²) in [4.78, 5) is 18.5. The molecule has 2 heterocycles. The SMILES string of the molecule is NCC#Cc1cccnc1C(=O)NCCN1CCOCC1. The second kappa shape index (κ2) is 8.37. The minimum absolute atomic E-state index is 0.204. The Morgan fingerprint density at radius 2 is 2.29 bits per heavy atom. The van der Waals surface area contributed by atoms with Gasteiger partial charge in [0.15, 0.2) is 0 Å². The van der Waals surface area contributed by atoms with E-state index in [1.54, 1.807) is 18.3 Å². The number of amides is 1. The predicted molar refractivity (Wildman–Crippen MR) is 79.8 cm³/mol. The van der Waals surface area contributed by atoms with Crippen molar-refractivity contribution in [3.63, 3.8) is 0 Å². The van der Waals surface area contributed by atoms with Gasteiger partial charge in [0, 0.05) is 32.4 Å². The van der Waals surface area contributed by atoms with Crippen molar-refractivity contribution < 1.29 is 9.53 Å². The molecule has 0 radical (unpaired) electrons. The number of nitrogens with one attached hydrogen (secondary N) is 1. The van der Waals surface area contributed by atoms with Crippen LogP contribution < -0.4 is 11.1 Å². The Morgan fingerprint density at radius 1 is 1.48 bits per heavy atom. The van der Waals surface area contributed by atoms with Crippen LogP contribution in [0.1, 0.15) is 16.1 Å². The van der Waals surface area contributed by atoms with Crippen LogP contribution in [0.25, 0.3) is 0 Å². The van der Waals surface area contributed by atoms with E-state index in [2.05, 4.69) is 27.0 Å². The van der Waals surface area contributed by atoms with E-state index < -0.39 is 0 Å². The van der Waals surface area contributed by atoms with Crippen LogP contribution in [-0.2, 0) is 4.74 Å². The highest BCUT2D eigenvalue weighted by Crippen LogP contribution is 2.03. The number of carbonyl (C=O) groups excluding carboxylic acids is 1. The van der Waals surface area contributed by atoms with Crippen molar-refractivity contribution in [2.24, 2.45) is 5.73 Å². The normalized spacial score (nSPS) is 15.1. The molecule has 1 aromatic heterocycles. The molecular formula is C15H20N4O2. The molecule has 1 saturated heterocycles. The third-order valence-electron chi connectivity index (χ3n) is 3.17. The smallest absolute Gasteiger partial charge is 0.271 e. The quantitative estimate of drug-likeness (QED) is 0.727. The molecule has 1 fully saturated rings. The van der Waals surface area contributed by atoms with E-state index in [0.29, 0.717) is 17.8 Å². The standard InChI is InChI=1S/C15H20N4O2/c16-5-1-3-13-4-2-6-17-14(13)15(20)18-7-8-19-9-11-21-12-10-19/h2,4,6H,5,7-12,16H2,(H,18,20). The van der Waals surface area contributed by atoms with E-state index >= 15 is 0 Å². The number of morpholine rings is 1. The van der Waals surface area contributed by atoms with Crippen LogP contribution in [0.15, 0.2) is 18.3 Å². The van der Waals surface area contributed by atoms with Gasteiger partial charge in [0.2, 0.25) is 0 Å². The molecule has 6 nitrogen and oxygen atoms in total. The number of hydrogen-bond donors (Lipinski definition) is 2. The fourth-order valence-electron chi connectivity index (χ4n) is 2.07. The van der Waals surface area contributed by atoms with Gasteiger partial charge in [-0.15, -0.1) is 0 Å². The van der Waals surface area contributed by atoms with E-state index in [4.69, 9.17) is 10.5 Å². The second-order valence-electron chi connectivity index (χ2n) is 4.62. The molecular weight excluding hydrogens is 268 g/mol. The third-order valence-corrected chi connectivity index (χ3v) is 3.17. The van der Waals surface area contributed by atoms with Crippen molar-refractivity contribution >= 4 is 5.91 Å². The Morgan fingerprint density at radius 3 is 3.05 bits per heavy atom. The van der Waals surface area contributed by atoms with E-state index in [1.165, 1.54) is 0 Å². The molecule has 0 aliphatic carbocycles. The molecule has 1 aliphatic heterocycles. The number of ether oxygens (including phenoxy) is 1. The maximum absolute atomic E-state index is 12.2. The van der Waals surface area contributed by atoms with Gasteiger partial charge < -0.3 is 15.8 Å². The highest BCUT2D eigenvalue weighted by molar-refractivity contribution is 5.94. The topological polar surface area (TPSA) is 80.5 Å². The lowest BCUT2D eigenvalue weighted by atomic mass is 10.2. The lowest BCUT2D eigenvalue weighted by molar-refractivity contribution is 0.0383. The average Bonchev–Trinajstić information content (AvgIpc) is 2.54. The number of carbonyl (C=O) groups is 1. The zero-order valence-electron chi connectivity index (χ0n) is 12.0. The van der Waals surface area contributed by atoms with Gasteiger partial charge in [-0.2, -0.15) is 0 Å². The van der Waals surface area contributed by atoms with Crippen LogP contribution >= 0.6 is 0 Å². The van der Waals surface area contributed by atoms with Gasteiger partial charge >= 0.3 is 0 Å². The fraction of sp³-hybridized carbons (Fsp3) is 0.467. The molecule has 2 rings (SSSR count). The summed E-state index contributed by atoms with van der Waals surface area (Å²) < 4.78 is 5.29. The van der Waals surface area contributed by atoms with Gasteiger partial charge in [0.25, 0.3) is 5.91 Å². The highest BCUT2D eigenvalue weighted by atomic mass is 16.5. The first-order valence-corrected chi connectivity index (χ1v) is 7.03. The first-order valence-electron chi connectivity index (χ1n) is 7.03. The second-order valence-corrected chi connectivity index (χ2v) is 4.62. The van der Waals surface area contributed by atoms with Gasteiger partial charge in [0.1, 0.15) is 5.69 Å². The largest absolute Gasteiger partial charge is 0.379 e. The number of hydrogen-bond acceptors (Lipinski definition) is 5.